The van der Waals surface area contributed by atoms with E-state index in [1.807, 2.05) is 12.1 Å². The van der Waals surface area contributed by atoms with Crippen molar-refractivity contribution in [2.24, 2.45) is 0 Å². The Balaban J connectivity index is 2.27. The third kappa shape index (κ3) is 1.65. The lowest BCUT2D eigenvalue weighted by Gasteiger charge is -2.27. The molecular formula is C11H15NO2. The first-order chi connectivity index (χ1) is 6.87. The van der Waals surface area contributed by atoms with E-state index in [-0.39, 0.29) is 0 Å². The molecule has 0 saturated carbocycles. The van der Waals surface area contributed by atoms with Gasteiger partial charge in [0.15, 0.2) is 5.79 Å². The lowest BCUT2D eigenvalue weighted by atomic mass is 10.0. The lowest BCUT2D eigenvalue weighted by molar-refractivity contribution is -0.171. The first kappa shape index (κ1) is 9.62. The highest BCUT2D eigenvalue weighted by atomic mass is 16.7. The highest BCUT2D eigenvalue weighted by Crippen LogP contribution is 2.35. The van der Waals surface area contributed by atoms with Crippen LogP contribution in [0.4, 0.5) is 0 Å². The van der Waals surface area contributed by atoms with E-state index >= 15 is 0 Å². The fraction of sp³-hybridized carbons (Fsp3) is 0.545. The van der Waals surface area contributed by atoms with Gasteiger partial charge in [-0.25, -0.2) is 0 Å². The molecule has 0 unspecified atom stereocenters. The second kappa shape index (κ2) is 4.07. The number of rotatable bonds is 3. The van der Waals surface area contributed by atoms with Gasteiger partial charge in [0, 0.05) is 24.4 Å². The Morgan fingerprint density at radius 1 is 1.29 bits per heavy atom. The summed E-state index contributed by atoms with van der Waals surface area (Å²) in [5.41, 5.74) is 1.08. The van der Waals surface area contributed by atoms with Gasteiger partial charge in [0.25, 0.3) is 0 Å². The molecule has 0 spiro atoms. The van der Waals surface area contributed by atoms with Crippen LogP contribution in [-0.2, 0) is 15.3 Å². The molecule has 1 aromatic heterocycles. The molecule has 3 nitrogen and oxygen atoms in total. The zero-order valence-corrected chi connectivity index (χ0v) is 8.40. The summed E-state index contributed by atoms with van der Waals surface area (Å²) >= 11 is 0. The van der Waals surface area contributed by atoms with Crippen LogP contribution in [-0.4, -0.2) is 18.2 Å². The molecule has 0 bridgehead atoms. The minimum absolute atomic E-state index is 0.502. The third-order valence-corrected chi connectivity index (χ3v) is 2.45. The summed E-state index contributed by atoms with van der Waals surface area (Å²) < 4.78 is 11.4. The molecule has 2 rings (SSSR count). The molecule has 1 aromatic rings. The van der Waals surface area contributed by atoms with Crippen LogP contribution in [0.1, 0.15) is 25.3 Å². The maximum atomic E-state index is 5.72. The average molecular weight is 193 g/mol. The van der Waals surface area contributed by atoms with Crippen molar-refractivity contribution in [2.75, 3.05) is 13.2 Å². The molecule has 0 radical (unpaired) electrons. The lowest BCUT2D eigenvalue weighted by Crippen LogP contribution is -2.26. The molecule has 0 aromatic carbocycles. The number of pyridine rings is 1. The molecule has 2 heterocycles. The van der Waals surface area contributed by atoms with E-state index in [0.717, 1.165) is 18.4 Å². The monoisotopic (exact) mass is 193 g/mol. The SMILES string of the molecule is CCCC1(c2ccncc2)OCCO1. The van der Waals surface area contributed by atoms with Crippen LogP contribution in [0.2, 0.25) is 0 Å². The molecule has 3 heteroatoms. The molecule has 0 atom stereocenters. The van der Waals surface area contributed by atoms with Gasteiger partial charge in [0.2, 0.25) is 0 Å². The van der Waals surface area contributed by atoms with E-state index in [4.69, 9.17) is 9.47 Å². The van der Waals surface area contributed by atoms with Crippen LogP contribution in [0.25, 0.3) is 0 Å². The second-order valence-corrected chi connectivity index (χ2v) is 3.44. The number of aromatic nitrogens is 1. The predicted octanol–water partition coefficient (Wildman–Crippen LogP) is 2.08. The van der Waals surface area contributed by atoms with Crippen molar-refractivity contribution in [1.82, 2.24) is 4.98 Å². The Labute approximate surface area is 84.1 Å². The van der Waals surface area contributed by atoms with Crippen molar-refractivity contribution in [1.29, 1.82) is 0 Å². The van der Waals surface area contributed by atoms with Gasteiger partial charge in [-0.3, -0.25) is 4.98 Å². The summed E-state index contributed by atoms with van der Waals surface area (Å²) in [6.45, 7) is 3.50. The molecule has 1 saturated heterocycles. The Hall–Kier alpha value is -0.930. The standard InChI is InChI=1S/C11H15NO2/c1-2-5-11(13-8-9-14-11)10-3-6-12-7-4-10/h3-4,6-7H,2,5,8-9H2,1H3. The fourth-order valence-corrected chi connectivity index (χ4v) is 1.85. The Morgan fingerprint density at radius 3 is 2.50 bits per heavy atom. The summed E-state index contributed by atoms with van der Waals surface area (Å²) in [6.07, 6.45) is 5.49. The van der Waals surface area contributed by atoms with Crippen LogP contribution in [0.5, 0.6) is 0 Å². The van der Waals surface area contributed by atoms with Gasteiger partial charge in [0.1, 0.15) is 0 Å². The predicted molar refractivity (Wildman–Crippen MR) is 52.7 cm³/mol. The van der Waals surface area contributed by atoms with Gasteiger partial charge in [-0.05, 0) is 12.1 Å². The maximum absolute atomic E-state index is 5.72. The van der Waals surface area contributed by atoms with Crippen molar-refractivity contribution < 1.29 is 9.47 Å². The normalized spacial score (nSPS) is 19.8. The summed E-state index contributed by atoms with van der Waals surface area (Å²) in [5, 5.41) is 0. The van der Waals surface area contributed by atoms with Gasteiger partial charge in [0.05, 0.1) is 13.2 Å². The highest BCUT2D eigenvalue weighted by molar-refractivity contribution is 5.17. The molecule has 1 fully saturated rings. The largest absolute Gasteiger partial charge is 0.343 e. The van der Waals surface area contributed by atoms with Crippen LogP contribution in [0, 0.1) is 0 Å². The molecule has 14 heavy (non-hydrogen) atoms. The topological polar surface area (TPSA) is 31.4 Å². The molecule has 0 amide bonds. The summed E-state index contributed by atoms with van der Waals surface area (Å²) in [7, 11) is 0. The van der Waals surface area contributed by atoms with Crippen LogP contribution in [0.15, 0.2) is 24.5 Å². The molecule has 0 aliphatic carbocycles. The van der Waals surface area contributed by atoms with Crippen molar-refractivity contribution in [3.63, 3.8) is 0 Å². The van der Waals surface area contributed by atoms with E-state index in [1.165, 1.54) is 0 Å². The first-order valence-electron chi connectivity index (χ1n) is 5.06. The minimum atomic E-state index is -0.502. The van der Waals surface area contributed by atoms with Crippen molar-refractivity contribution in [3.05, 3.63) is 30.1 Å². The van der Waals surface area contributed by atoms with Gasteiger partial charge in [-0.15, -0.1) is 0 Å². The second-order valence-electron chi connectivity index (χ2n) is 3.44. The molecule has 76 valence electrons. The third-order valence-electron chi connectivity index (χ3n) is 2.45. The number of ether oxygens (including phenoxy) is 2. The van der Waals surface area contributed by atoms with Crippen molar-refractivity contribution in [2.45, 2.75) is 25.6 Å². The number of hydrogen-bond acceptors (Lipinski definition) is 3. The fourth-order valence-electron chi connectivity index (χ4n) is 1.85. The Morgan fingerprint density at radius 2 is 1.93 bits per heavy atom. The van der Waals surface area contributed by atoms with E-state index in [9.17, 15) is 0 Å². The van der Waals surface area contributed by atoms with Crippen molar-refractivity contribution >= 4 is 0 Å². The molecular weight excluding hydrogens is 178 g/mol. The van der Waals surface area contributed by atoms with Crippen LogP contribution >= 0.6 is 0 Å². The smallest absolute Gasteiger partial charge is 0.195 e. The van der Waals surface area contributed by atoms with E-state index in [2.05, 4.69) is 11.9 Å². The van der Waals surface area contributed by atoms with E-state index in [1.54, 1.807) is 12.4 Å². The van der Waals surface area contributed by atoms with Gasteiger partial charge in [-0.1, -0.05) is 13.3 Å². The number of nitrogens with zero attached hydrogens (tertiary/aromatic N) is 1. The summed E-state index contributed by atoms with van der Waals surface area (Å²) in [5.74, 6) is -0.502. The minimum Gasteiger partial charge on any atom is -0.343 e. The van der Waals surface area contributed by atoms with Crippen LogP contribution < -0.4 is 0 Å². The van der Waals surface area contributed by atoms with Gasteiger partial charge < -0.3 is 9.47 Å². The molecule has 1 aliphatic heterocycles. The van der Waals surface area contributed by atoms with Crippen LogP contribution in [0.3, 0.4) is 0 Å². The quantitative estimate of drug-likeness (QED) is 0.736. The molecule has 0 N–H and O–H groups in total. The van der Waals surface area contributed by atoms with E-state index < -0.39 is 5.79 Å². The molecule has 1 aliphatic rings. The Kier molecular flexibility index (Phi) is 2.79. The first-order valence-corrected chi connectivity index (χ1v) is 5.06. The Bertz CT molecular complexity index is 281. The summed E-state index contributed by atoms with van der Waals surface area (Å²) in [4.78, 5) is 4.00. The zero-order chi connectivity index (χ0) is 9.86. The average Bonchev–Trinajstić information content (AvgIpc) is 2.70. The van der Waals surface area contributed by atoms with Gasteiger partial charge in [-0.2, -0.15) is 0 Å². The summed E-state index contributed by atoms with van der Waals surface area (Å²) in [6, 6.07) is 3.92. The van der Waals surface area contributed by atoms with Gasteiger partial charge >= 0.3 is 0 Å². The zero-order valence-electron chi connectivity index (χ0n) is 8.40. The highest BCUT2D eigenvalue weighted by Gasteiger charge is 2.37. The van der Waals surface area contributed by atoms with E-state index in [0.29, 0.717) is 13.2 Å². The van der Waals surface area contributed by atoms with Crippen molar-refractivity contribution in [3.8, 4) is 0 Å². The maximum Gasteiger partial charge on any atom is 0.195 e. The number of hydrogen-bond donors (Lipinski definition) is 0.